The first-order valence-corrected chi connectivity index (χ1v) is 7.90. The van der Waals surface area contributed by atoms with Crippen LogP contribution in [0.1, 0.15) is 5.56 Å². The van der Waals surface area contributed by atoms with Gasteiger partial charge < -0.3 is 15.2 Å². The molecule has 0 saturated heterocycles. The summed E-state index contributed by atoms with van der Waals surface area (Å²) in [6.45, 7) is -0.437. The predicted molar refractivity (Wildman–Crippen MR) is 95.9 cm³/mol. The van der Waals surface area contributed by atoms with Crippen LogP contribution < -0.4 is 10.1 Å². The van der Waals surface area contributed by atoms with E-state index in [2.05, 4.69) is 21.2 Å². The van der Waals surface area contributed by atoms with E-state index < -0.39 is 18.5 Å². The standard InChI is InChI=1S/C18H13BrN2O4/c19-14-2-1-3-15(9-14)21-18(24)13(10-20)8-12-4-6-16(7-5-12)25-11-17(22)23/h1-9H,11H2,(H,21,24)(H,22,23). The van der Waals surface area contributed by atoms with E-state index in [4.69, 9.17) is 9.84 Å². The molecule has 6 nitrogen and oxygen atoms in total. The van der Waals surface area contributed by atoms with Gasteiger partial charge in [-0.15, -0.1) is 0 Å². The minimum Gasteiger partial charge on any atom is -0.482 e. The normalized spacial score (nSPS) is 10.6. The predicted octanol–water partition coefficient (Wildman–Crippen LogP) is 3.46. The van der Waals surface area contributed by atoms with Crippen LogP contribution in [-0.2, 0) is 9.59 Å². The summed E-state index contributed by atoms with van der Waals surface area (Å²) in [7, 11) is 0. The first-order chi connectivity index (χ1) is 12.0. The van der Waals surface area contributed by atoms with Crippen LogP contribution in [0.15, 0.2) is 58.6 Å². The molecule has 2 rings (SSSR count). The fraction of sp³-hybridized carbons (Fsp3) is 0.0556. The van der Waals surface area contributed by atoms with Crippen LogP contribution in [0.2, 0.25) is 0 Å². The number of nitrogens with zero attached hydrogens (tertiary/aromatic N) is 1. The zero-order chi connectivity index (χ0) is 18.2. The molecule has 2 N–H and O–H groups in total. The third kappa shape index (κ3) is 5.79. The van der Waals surface area contributed by atoms with Crippen LogP contribution in [0.3, 0.4) is 0 Å². The molecule has 0 aliphatic rings. The van der Waals surface area contributed by atoms with Crippen molar-refractivity contribution in [2.24, 2.45) is 0 Å². The van der Waals surface area contributed by atoms with Crippen molar-refractivity contribution in [3.8, 4) is 11.8 Å². The molecular formula is C18H13BrN2O4. The van der Waals surface area contributed by atoms with Gasteiger partial charge in [0.15, 0.2) is 6.61 Å². The zero-order valence-electron chi connectivity index (χ0n) is 12.9. The highest BCUT2D eigenvalue weighted by Crippen LogP contribution is 2.18. The average Bonchev–Trinajstić information content (AvgIpc) is 2.58. The SMILES string of the molecule is N#CC(=Cc1ccc(OCC(=O)O)cc1)C(=O)Nc1cccc(Br)c1. The van der Waals surface area contributed by atoms with Gasteiger partial charge in [-0.25, -0.2) is 4.79 Å². The number of nitrogens with one attached hydrogen (secondary N) is 1. The number of nitriles is 1. The molecule has 0 bridgehead atoms. The van der Waals surface area contributed by atoms with Gasteiger partial charge in [0.25, 0.3) is 5.91 Å². The van der Waals surface area contributed by atoms with E-state index in [0.29, 0.717) is 17.0 Å². The first-order valence-electron chi connectivity index (χ1n) is 7.11. The largest absolute Gasteiger partial charge is 0.482 e. The summed E-state index contributed by atoms with van der Waals surface area (Å²) >= 11 is 3.31. The lowest BCUT2D eigenvalue weighted by Crippen LogP contribution is -2.13. The molecule has 0 aromatic heterocycles. The maximum Gasteiger partial charge on any atom is 0.341 e. The van der Waals surface area contributed by atoms with Gasteiger partial charge in [0, 0.05) is 10.2 Å². The number of aliphatic carboxylic acids is 1. The first kappa shape index (κ1) is 18.2. The molecule has 0 aliphatic carbocycles. The Bertz CT molecular complexity index is 854. The Hall–Kier alpha value is -3.11. The van der Waals surface area contributed by atoms with Gasteiger partial charge in [-0.3, -0.25) is 4.79 Å². The van der Waals surface area contributed by atoms with E-state index in [-0.39, 0.29) is 5.57 Å². The smallest absolute Gasteiger partial charge is 0.341 e. The summed E-state index contributed by atoms with van der Waals surface area (Å²) in [5, 5.41) is 20.4. The number of carbonyl (C=O) groups is 2. The van der Waals surface area contributed by atoms with Crippen molar-refractivity contribution in [1.29, 1.82) is 5.26 Å². The van der Waals surface area contributed by atoms with Gasteiger partial charge in [-0.2, -0.15) is 5.26 Å². The molecule has 126 valence electrons. The summed E-state index contributed by atoms with van der Waals surface area (Å²) in [6, 6.07) is 15.3. The summed E-state index contributed by atoms with van der Waals surface area (Å²) < 4.78 is 5.83. The Morgan fingerprint density at radius 1 is 1.24 bits per heavy atom. The van der Waals surface area contributed by atoms with Crippen LogP contribution in [-0.4, -0.2) is 23.6 Å². The Kier molecular flexibility index (Phi) is 6.32. The van der Waals surface area contributed by atoms with Gasteiger partial charge in [-0.05, 0) is 42.0 Å². The average molecular weight is 401 g/mol. The summed E-state index contributed by atoms with van der Waals surface area (Å²) in [6.07, 6.45) is 1.44. The van der Waals surface area contributed by atoms with Crippen LogP contribution in [0, 0.1) is 11.3 Å². The second-order valence-corrected chi connectivity index (χ2v) is 5.80. The molecule has 0 heterocycles. The molecule has 25 heavy (non-hydrogen) atoms. The summed E-state index contributed by atoms with van der Waals surface area (Å²) in [4.78, 5) is 22.6. The van der Waals surface area contributed by atoms with E-state index in [1.165, 1.54) is 6.08 Å². The number of amides is 1. The lowest BCUT2D eigenvalue weighted by Gasteiger charge is -2.05. The van der Waals surface area contributed by atoms with E-state index in [1.807, 2.05) is 12.1 Å². The second kappa shape index (κ2) is 8.66. The Morgan fingerprint density at radius 3 is 2.56 bits per heavy atom. The fourth-order valence-electron chi connectivity index (χ4n) is 1.89. The highest BCUT2D eigenvalue weighted by atomic mass is 79.9. The quantitative estimate of drug-likeness (QED) is 0.571. The van der Waals surface area contributed by atoms with Gasteiger partial charge in [0.2, 0.25) is 0 Å². The molecule has 7 heteroatoms. The number of hydrogen-bond acceptors (Lipinski definition) is 4. The van der Waals surface area contributed by atoms with Crippen molar-refractivity contribution < 1.29 is 19.4 Å². The van der Waals surface area contributed by atoms with Crippen LogP contribution in [0.25, 0.3) is 6.08 Å². The van der Waals surface area contributed by atoms with Crippen LogP contribution in [0.5, 0.6) is 5.75 Å². The topological polar surface area (TPSA) is 99.4 Å². The number of carboxylic acid groups (broad SMARTS) is 1. The third-order valence-electron chi connectivity index (χ3n) is 3.00. The van der Waals surface area contributed by atoms with Gasteiger partial charge >= 0.3 is 5.97 Å². The van der Waals surface area contributed by atoms with Gasteiger partial charge in [0.05, 0.1) is 0 Å². The molecule has 0 atom stereocenters. The molecule has 1 amide bonds. The molecule has 0 saturated carbocycles. The molecular weight excluding hydrogens is 388 g/mol. The van der Waals surface area contributed by atoms with E-state index in [9.17, 15) is 14.9 Å². The number of hydrogen-bond donors (Lipinski definition) is 2. The number of rotatable bonds is 6. The highest BCUT2D eigenvalue weighted by molar-refractivity contribution is 9.10. The van der Waals surface area contributed by atoms with Crippen molar-refractivity contribution >= 4 is 39.6 Å². The van der Waals surface area contributed by atoms with E-state index >= 15 is 0 Å². The molecule has 0 aliphatic heterocycles. The van der Waals surface area contributed by atoms with Gasteiger partial charge in [0.1, 0.15) is 17.4 Å². The maximum absolute atomic E-state index is 12.2. The molecule has 0 fully saturated rings. The Balaban J connectivity index is 2.09. The molecule has 0 spiro atoms. The number of carboxylic acids is 1. The molecule has 2 aromatic carbocycles. The number of ether oxygens (including phenoxy) is 1. The van der Waals surface area contributed by atoms with Crippen molar-refractivity contribution in [3.05, 3.63) is 64.1 Å². The zero-order valence-corrected chi connectivity index (χ0v) is 14.5. The minimum absolute atomic E-state index is 0.0563. The lowest BCUT2D eigenvalue weighted by atomic mass is 10.1. The lowest BCUT2D eigenvalue weighted by molar-refractivity contribution is -0.139. The number of halogens is 1. The molecule has 0 unspecified atom stereocenters. The fourth-order valence-corrected chi connectivity index (χ4v) is 2.28. The molecule has 0 radical (unpaired) electrons. The third-order valence-corrected chi connectivity index (χ3v) is 3.49. The van der Waals surface area contributed by atoms with Crippen molar-refractivity contribution in [2.75, 3.05) is 11.9 Å². The highest BCUT2D eigenvalue weighted by Gasteiger charge is 2.10. The number of anilines is 1. The van der Waals surface area contributed by atoms with Crippen molar-refractivity contribution in [3.63, 3.8) is 0 Å². The van der Waals surface area contributed by atoms with E-state index in [0.717, 1.165) is 4.47 Å². The summed E-state index contributed by atoms with van der Waals surface area (Å²) in [5.74, 6) is -1.21. The van der Waals surface area contributed by atoms with E-state index in [1.54, 1.807) is 42.5 Å². The van der Waals surface area contributed by atoms with Crippen molar-refractivity contribution in [1.82, 2.24) is 0 Å². The Labute approximate surface area is 152 Å². The van der Waals surface area contributed by atoms with Gasteiger partial charge in [-0.1, -0.05) is 34.1 Å². The number of benzene rings is 2. The maximum atomic E-state index is 12.2. The van der Waals surface area contributed by atoms with Crippen LogP contribution >= 0.6 is 15.9 Å². The second-order valence-electron chi connectivity index (χ2n) is 4.89. The minimum atomic E-state index is -1.07. The summed E-state index contributed by atoms with van der Waals surface area (Å²) in [5.41, 5.74) is 1.13. The monoisotopic (exact) mass is 400 g/mol. The van der Waals surface area contributed by atoms with Crippen LogP contribution in [0.4, 0.5) is 5.69 Å². The molecule has 2 aromatic rings. The van der Waals surface area contributed by atoms with Crippen molar-refractivity contribution in [2.45, 2.75) is 0 Å². The number of carbonyl (C=O) groups excluding carboxylic acids is 1. The Morgan fingerprint density at radius 2 is 1.96 bits per heavy atom.